The molecule has 1 aliphatic heterocycles. The van der Waals surface area contributed by atoms with Gasteiger partial charge in [0, 0.05) is 36.6 Å². The van der Waals surface area contributed by atoms with E-state index < -0.39 is 0 Å². The van der Waals surface area contributed by atoms with Crippen molar-refractivity contribution in [3.8, 4) is 0 Å². The molecule has 0 atom stereocenters. The molecule has 0 radical (unpaired) electrons. The van der Waals surface area contributed by atoms with Crippen LogP contribution in [0.15, 0.2) is 6.07 Å². The summed E-state index contributed by atoms with van der Waals surface area (Å²) in [4.78, 5) is 14.6. The Morgan fingerprint density at radius 3 is 2.60 bits per heavy atom. The monoisotopic (exact) mass is 278 g/mol. The molecule has 1 aromatic heterocycles. The molecule has 2 heterocycles. The van der Waals surface area contributed by atoms with Crippen molar-refractivity contribution in [3.63, 3.8) is 0 Å². The third-order valence-corrected chi connectivity index (χ3v) is 4.25. The third-order valence-electron chi connectivity index (χ3n) is 4.25. The summed E-state index contributed by atoms with van der Waals surface area (Å²) in [5.74, 6) is 0.205. The smallest absolute Gasteiger partial charge is 0.178 e. The molecule has 0 amide bonds. The molecule has 0 saturated carbocycles. The highest BCUT2D eigenvalue weighted by Gasteiger charge is 2.21. The maximum absolute atomic E-state index is 12.5. The van der Waals surface area contributed by atoms with E-state index in [0.29, 0.717) is 6.54 Å². The van der Waals surface area contributed by atoms with Crippen LogP contribution >= 0.6 is 0 Å². The Bertz CT molecular complexity index is 471. The van der Waals surface area contributed by atoms with Gasteiger partial charge in [0.25, 0.3) is 0 Å². The van der Waals surface area contributed by atoms with Crippen LogP contribution in [0.2, 0.25) is 0 Å². The van der Waals surface area contributed by atoms with E-state index in [1.165, 1.54) is 5.69 Å². The second kappa shape index (κ2) is 6.55. The normalized spacial score (nSPS) is 17.6. The van der Waals surface area contributed by atoms with E-state index >= 15 is 0 Å². The summed E-state index contributed by atoms with van der Waals surface area (Å²) in [5, 5.41) is 9.51. The van der Waals surface area contributed by atoms with Gasteiger partial charge in [-0.05, 0) is 39.2 Å². The van der Waals surface area contributed by atoms with Gasteiger partial charge in [-0.15, -0.1) is 0 Å². The van der Waals surface area contributed by atoms with Crippen LogP contribution in [0.4, 0.5) is 0 Å². The molecule has 20 heavy (non-hydrogen) atoms. The molecule has 1 N–H and O–H groups in total. The molecular formula is C16H26N2O2. The van der Waals surface area contributed by atoms with E-state index in [1.807, 2.05) is 13.0 Å². The second-order valence-corrected chi connectivity index (χ2v) is 5.87. The summed E-state index contributed by atoms with van der Waals surface area (Å²) >= 11 is 0. The second-order valence-electron chi connectivity index (χ2n) is 5.87. The fourth-order valence-electron chi connectivity index (χ4n) is 3.02. The van der Waals surface area contributed by atoms with Crippen molar-refractivity contribution in [2.75, 3.05) is 19.6 Å². The van der Waals surface area contributed by atoms with Gasteiger partial charge in [-0.25, -0.2) is 0 Å². The van der Waals surface area contributed by atoms with Gasteiger partial charge in [-0.1, -0.05) is 6.92 Å². The summed E-state index contributed by atoms with van der Waals surface area (Å²) in [6.45, 7) is 9.34. The first kappa shape index (κ1) is 15.3. The Hall–Kier alpha value is -1.13. The lowest BCUT2D eigenvalue weighted by atomic mass is 10.1. The molecule has 0 unspecified atom stereocenters. The van der Waals surface area contributed by atoms with Crippen LogP contribution in [-0.4, -0.2) is 46.1 Å². The van der Waals surface area contributed by atoms with E-state index in [9.17, 15) is 9.90 Å². The molecule has 112 valence electrons. The number of aliphatic hydroxyl groups is 1. The minimum Gasteiger partial charge on any atom is -0.393 e. The number of carbonyl (C=O) groups is 1. The van der Waals surface area contributed by atoms with Gasteiger partial charge in [0.2, 0.25) is 0 Å². The van der Waals surface area contributed by atoms with Gasteiger partial charge in [0.1, 0.15) is 0 Å². The summed E-state index contributed by atoms with van der Waals surface area (Å²) in [6, 6.07) is 2.02. The molecule has 0 bridgehead atoms. The highest BCUT2D eigenvalue weighted by Crippen LogP contribution is 2.18. The zero-order valence-electron chi connectivity index (χ0n) is 12.9. The predicted molar refractivity (Wildman–Crippen MR) is 80.2 cm³/mol. The molecule has 1 fully saturated rings. The minimum atomic E-state index is -0.184. The Labute approximate surface area is 121 Å². The number of hydrogen-bond acceptors (Lipinski definition) is 3. The highest BCUT2D eigenvalue weighted by atomic mass is 16.3. The quantitative estimate of drug-likeness (QED) is 0.840. The topological polar surface area (TPSA) is 45.5 Å². The van der Waals surface area contributed by atoms with Crippen molar-refractivity contribution in [2.24, 2.45) is 0 Å². The molecule has 1 aliphatic rings. The van der Waals surface area contributed by atoms with Crippen molar-refractivity contribution < 1.29 is 9.90 Å². The summed E-state index contributed by atoms with van der Waals surface area (Å²) in [5.41, 5.74) is 3.12. The standard InChI is InChI=1S/C16H26N2O2/c1-4-7-18-12(2)10-15(13(18)3)16(20)11-17-8-5-14(19)6-9-17/h10,14,19H,4-9,11H2,1-3H3. The van der Waals surface area contributed by atoms with Crippen molar-refractivity contribution >= 4 is 5.78 Å². The first-order valence-corrected chi connectivity index (χ1v) is 7.63. The fourth-order valence-corrected chi connectivity index (χ4v) is 3.02. The van der Waals surface area contributed by atoms with Gasteiger partial charge in [-0.2, -0.15) is 0 Å². The van der Waals surface area contributed by atoms with E-state index in [1.54, 1.807) is 0 Å². The van der Waals surface area contributed by atoms with Gasteiger partial charge >= 0.3 is 0 Å². The first-order valence-electron chi connectivity index (χ1n) is 7.63. The Morgan fingerprint density at radius 2 is 2.00 bits per heavy atom. The zero-order valence-corrected chi connectivity index (χ0v) is 12.9. The van der Waals surface area contributed by atoms with Crippen LogP contribution in [-0.2, 0) is 6.54 Å². The van der Waals surface area contributed by atoms with Crippen LogP contribution in [0.3, 0.4) is 0 Å². The molecule has 1 saturated heterocycles. The first-order chi connectivity index (χ1) is 9.52. The number of ketones is 1. The Kier molecular flexibility index (Phi) is 5.00. The summed E-state index contributed by atoms with van der Waals surface area (Å²) < 4.78 is 2.23. The SMILES string of the molecule is CCCn1c(C)cc(C(=O)CN2CCC(O)CC2)c1C. The minimum absolute atomic E-state index is 0.184. The summed E-state index contributed by atoms with van der Waals surface area (Å²) in [6.07, 6.45) is 2.45. The number of aliphatic hydroxyl groups excluding tert-OH is 1. The van der Waals surface area contributed by atoms with Crippen LogP contribution < -0.4 is 0 Å². The molecule has 2 rings (SSSR count). The third kappa shape index (κ3) is 3.30. The molecular weight excluding hydrogens is 252 g/mol. The van der Waals surface area contributed by atoms with Crippen LogP contribution in [0.1, 0.15) is 47.9 Å². The van der Waals surface area contributed by atoms with Gasteiger partial charge in [0.15, 0.2) is 5.78 Å². The number of hydrogen-bond donors (Lipinski definition) is 1. The largest absolute Gasteiger partial charge is 0.393 e. The molecule has 4 nitrogen and oxygen atoms in total. The number of likely N-dealkylation sites (tertiary alicyclic amines) is 1. The van der Waals surface area contributed by atoms with Gasteiger partial charge < -0.3 is 9.67 Å². The summed E-state index contributed by atoms with van der Waals surface area (Å²) in [7, 11) is 0. The maximum Gasteiger partial charge on any atom is 0.178 e. The van der Waals surface area contributed by atoms with E-state index in [2.05, 4.69) is 23.3 Å². The van der Waals surface area contributed by atoms with Crippen molar-refractivity contribution in [3.05, 3.63) is 23.0 Å². The van der Waals surface area contributed by atoms with Crippen molar-refractivity contribution in [2.45, 2.75) is 52.7 Å². The van der Waals surface area contributed by atoms with E-state index in [4.69, 9.17) is 0 Å². The fraction of sp³-hybridized carbons (Fsp3) is 0.688. The lowest BCUT2D eigenvalue weighted by molar-refractivity contribution is 0.0710. The lowest BCUT2D eigenvalue weighted by Gasteiger charge is -2.28. The van der Waals surface area contributed by atoms with Crippen LogP contribution in [0, 0.1) is 13.8 Å². The van der Waals surface area contributed by atoms with Crippen molar-refractivity contribution in [1.29, 1.82) is 0 Å². The molecule has 0 aliphatic carbocycles. The molecule has 0 aromatic carbocycles. The predicted octanol–water partition coefficient (Wildman–Crippen LogP) is 2.15. The highest BCUT2D eigenvalue weighted by molar-refractivity contribution is 5.99. The van der Waals surface area contributed by atoms with E-state index in [0.717, 1.165) is 50.2 Å². The average Bonchev–Trinajstić information content (AvgIpc) is 2.70. The van der Waals surface area contributed by atoms with Crippen molar-refractivity contribution in [1.82, 2.24) is 9.47 Å². The molecule has 4 heteroatoms. The average molecular weight is 278 g/mol. The number of aromatic nitrogens is 1. The molecule has 1 aromatic rings. The van der Waals surface area contributed by atoms with Crippen LogP contribution in [0.25, 0.3) is 0 Å². The lowest BCUT2D eigenvalue weighted by Crippen LogP contribution is -2.39. The molecule has 0 spiro atoms. The van der Waals surface area contributed by atoms with Gasteiger partial charge in [-0.3, -0.25) is 9.69 Å². The van der Waals surface area contributed by atoms with Crippen LogP contribution in [0.5, 0.6) is 0 Å². The number of nitrogens with zero attached hydrogens (tertiary/aromatic N) is 2. The number of Topliss-reactive ketones (excluding diaryl/α,β-unsaturated/α-hetero) is 1. The zero-order chi connectivity index (χ0) is 14.7. The van der Waals surface area contributed by atoms with Gasteiger partial charge in [0.05, 0.1) is 12.6 Å². The van der Waals surface area contributed by atoms with E-state index in [-0.39, 0.29) is 11.9 Å². The number of rotatable bonds is 5. The number of piperidine rings is 1. The Morgan fingerprint density at radius 1 is 1.35 bits per heavy atom. The number of carbonyl (C=O) groups excluding carboxylic acids is 1. The number of aryl methyl sites for hydroxylation is 1. The maximum atomic E-state index is 12.5. The Balaban J connectivity index is 2.04.